The molecule has 0 saturated carbocycles. The van der Waals surface area contributed by atoms with Crippen molar-refractivity contribution in [3.05, 3.63) is 30.2 Å². The van der Waals surface area contributed by atoms with Crippen LogP contribution in [0.3, 0.4) is 0 Å². The van der Waals surface area contributed by atoms with Crippen LogP contribution in [-0.2, 0) is 16.1 Å². The average Bonchev–Trinajstić information content (AvgIpc) is 2.76. The number of urea groups is 1. The average molecular weight is 239 g/mol. The summed E-state index contributed by atoms with van der Waals surface area (Å²) in [6.07, 6.45) is 2.77. The molecule has 0 fully saturated rings. The van der Waals surface area contributed by atoms with Crippen molar-refractivity contribution in [2.45, 2.75) is 6.54 Å². The highest BCUT2D eigenvalue weighted by atomic mass is 16.5. The van der Waals surface area contributed by atoms with Gasteiger partial charge >= 0.3 is 12.0 Å². The molecule has 0 radical (unpaired) electrons. The van der Waals surface area contributed by atoms with Crippen molar-refractivity contribution in [2.75, 3.05) is 0 Å². The predicted molar refractivity (Wildman–Crippen MR) is 53.7 cm³/mol. The molecule has 1 heterocycles. The number of carbonyl (C=O) groups excluding carboxylic acids is 2. The second-order valence-corrected chi connectivity index (χ2v) is 2.82. The number of carboxylic acids is 1. The maximum atomic E-state index is 11.1. The summed E-state index contributed by atoms with van der Waals surface area (Å²) in [5, 5.41) is 15.9. The number of aromatic nitrogens is 1. The van der Waals surface area contributed by atoms with Gasteiger partial charge in [0.25, 0.3) is 5.91 Å². The fourth-order valence-corrected chi connectivity index (χ4v) is 0.845. The lowest BCUT2D eigenvalue weighted by atomic mass is 10.4. The molecule has 1 aromatic heterocycles. The third kappa shape index (κ3) is 5.11. The summed E-state index contributed by atoms with van der Waals surface area (Å²) in [5.74, 6) is -1.68. The molecule has 0 aromatic carbocycles. The van der Waals surface area contributed by atoms with Gasteiger partial charge in [-0.15, -0.1) is 0 Å². The Morgan fingerprint density at radius 2 is 2.18 bits per heavy atom. The van der Waals surface area contributed by atoms with Crippen LogP contribution in [0.25, 0.3) is 0 Å². The molecule has 0 unspecified atom stereocenters. The molecule has 3 amide bonds. The van der Waals surface area contributed by atoms with Crippen LogP contribution in [0, 0.1) is 0 Å². The van der Waals surface area contributed by atoms with Crippen LogP contribution in [0.5, 0.6) is 0 Å². The van der Waals surface area contributed by atoms with Gasteiger partial charge < -0.3 is 14.9 Å². The first-order chi connectivity index (χ1) is 8.08. The van der Waals surface area contributed by atoms with Crippen LogP contribution in [0.1, 0.15) is 5.76 Å². The number of imide groups is 1. The van der Waals surface area contributed by atoms with Gasteiger partial charge in [0, 0.05) is 18.2 Å². The molecular weight excluding hydrogens is 230 g/mol. The number of nitrogens with zero attached hydrogens (tertiary/aromatic N) is 1. The molecule has 0 aliphatic carbocycles. The van der Waals surface area contributed by atoms with Gasteiger partial charge in [-0.25, -0.2) is 9.59 Å². The topological polar surface area (TPSA) is 122 Å². The first-order valence-electron chi connectivity index (χ1n) is 4.47. The largest absolute Gasteiger partial charge is 0.478 e. The van der Waals surface area contributed by atoms with E-state index in [1.165, 1.54) is 6.20 Å². The van der Waals surface area contributed by atoms with E-state index in [9.17, 15) is 14.4 Å². The normalized spacial score (nSPS) is 10.1. The number of hydrogen-bond donors (Lipinski definition) is 3. The van der Waals surface area contributed by atoms with Crippen molar-refractivity contribution in [3.8, 4) is 0 Å². The quantitative estimate of drug-likeness (QED) is 0.617. The molecule has 0 atom stereocenters. The summed E-state index contributed by atoms with van der Waals surface area (Å²) < 4.78 is 4.70. The van der Waals surface area contributed by atoms with Gasteiger partial charge in [0.2, 0.25) is 0 Å². The summed E-state index contributed by atoms with van der Waals surface area (Å²) in [6.45, 7) is 0.0712. The monoisotopic (exact) mass is 239 g/mol. The van der Waals surface area contributed by atoms with E-state index in [1.54, 1.807) is 6.07 Å². The lowest BCUT2D eigenvalue weighted by Crippen LogP contribution is -2.38. The van der Waals surface area contributed by atoms with Crippen LogP contribution < -0.4 is 10.6 Å². The van der Waals surface area contributed by atoms with E-state index >= 15 is 0 Å². The molecule has 1 aromatic rings. The van der Waals surface area contributed by atoms with Gasteiger partial charge in [-0.1, -0.05) is 5.16 Å². The minimum atomic E-state index is -1.28. The number of rotatable bonds is 4. The number of carboxylic acid groups (broad SMARTS) is 1. The Kier molecular flexibility index (Phi) is 4.43. The maximum Gasteiger partial charge on any atom is 0.328 e. The molecule has 8 heteroatoms. The fourth-order valence-electron chi connectivity index (χ4n) is 0.845. The molecule has 0 bridgehead atoms. The lowest BCUT2D eigenvalue weighted by molar-refractivity contribution is -0.131. The highest BCUT2D eigenvalue weighted by Gasteiger charge is 2.05. The molecule has 8 nitrogen and oxygen atoms in total. The molecule has 0 aliphatic heterocycles. The Morgan fingerprint density at radius 1 is 1.41 bits per heavy atom. The zero-order chi connectivity index (χ0) is 12.7. The van der Waals surface area contributed by atoms with Gasteiger partial charge in [-0.05, 0) is 0 Å². The lowest BCUT2D eigenvalue weighted by Gasteiger charge is -2.01. The van der Waals surface area contributed by atoms with Crippen LogP contribution in [0.2, 0.25) is 0 Å². The van der Waals surface area contributed by atoms with Crippen molar-refractivity contribution in [1.82, 2.24) is 15.8 Å². The number of amides is 3. The number of hydrogen-bond acceptors (Lipinski definition) is 5. The maximum absolute atomic E-state index is 11.1. The minimum absolute atomic E-state index is 0.0712. The highest BCUT2D eigenvalue weighted by molar-refractivity contribution is 6.02. The first kappa shape index (κ1) is 12.4. The molecule has 1 rings (SSSR count). The Bertz CT molecular complexity index is 437. The Balaban J connectivity index is 2.29. The Morgan fingerprint density at radius 3 is 2.76 bits per heavy atom. The SMILES string of the molecule is O=C(O)/C=C/C(=O)NC(=O)NCc1ccno1. The minimum Gasteiger partial charge on any atom is -0.478 e. The fraction of sp³-hybridized carbons (Fsp3) is 0.111. The molecule has 90 valence electrons. The van der Waals surface area contributed by atoms with Crippen molar-refractivity contribution in [1.29, 1.82) is 0 Å². The second kappa shape index (κ2) is 6.05. The van der Waals surface area contributed by atoms with Crippen molar-refractivity contribution in [2.24, 2.45) is 0 Å². The van der Waals surface area contributed by atoms with Crippen LogP contribution in [-0.4, -0.2) is 28.2 Å². The zero-order valence-electron chi connectivity index (χ0n) is 8.54. The van der Waals surface area contributed by atoms with E-state index in [4.69, 9.17) is 9.63 Å². The summed E-state index contributed by atoms with van der Waals surface area (Å²) >= 11 is 0. The van der Waals surface area contributed by atoms with Crippen LogP contribution >= 0.6 is 0 Å². The van der Waals surface area contributed by atoms with Gasteiger partial charge in [0.1, 0.15) is 0 Å². The van der Waals surface area contributed by atoms with E-state index < -0.39 is 17.9 Å². The van der Waals surface area contributed by atoms with Gasteiger partial charge in [0.05, 0.1) is 12.7 Å². The van der Waals surface area contributed by atoms with Gasteiger partial charge in [0.15, 0.2) is 5.76 Å². The van der Waals surface area contributed by atoms with Crippen molar-refractivity contribution >= 4 is 17.9 Å². The molecular formula is C9H9N3O5. The van der Waals surface area contributed by atoms with E-state index in [0.717, 1.165) is 6.08 Å². The molecule has 0 aliphatic rings. The van der Waals surface area contributed by atoms with Crippen LogP contribution in [0.4, 0.5) is 4.79 Å². The Hall–Kier alpha value is -2.64. The standard InChI is InChI=1S/C9H9N3O5/c13-7(1-2-8(14)15)12-9(16)10-5-6-3-4-11-17-6/h1-4H,5H2,(H,14,15)(H2,10,12,13,16)/b2-1+. The highest BCUT2D eigenvalue weighted by Crippen LogP contribution is 1.94. The van der Waals surface area contributed by atoms with Gasteiger partial charge in [-0.2, -0.15) is 0 Å². The van der Waals surface area contributed by atoms with E-state index in [1.807, 2.05) is 5.32 Å². The second-order valence-electron chi connectivity index (χ2n) is 2.82. The number of carbonyl (C=O) groups is 3. The zero-order valence-corrected chi connectivity index (χ0v) is 8.54. The van der Waals surface area contributed by atoms with E-state index in [2.05, 4.69) is 10.5 Å². The molecule has 0 spiro atoms. The van der Waals surface area contributed by atoms with Crippen molar-refractivity contribution < 1.29 is 24.0 Å². The first-order valence-corrected chi connectivity index (χ1v) is 4.47. The third-order valence-electron chi connectivity index (χ3n) is 1.53. The van der Waals surface area contributed by atoms with E-state index in [-0.39, 0.29) is 6.54 Å². The summed E-state index contributed by atoms with van der Waals surface area (Å²) in [6, 6.07) is 0.785. The van der Waals surface area contributed by atoms with Crippen LogP contribution in [0.15, 0.2) is 28.9 Å². The van der Waals surface area contributed by atoms with Gasteiger partial charge in [-0.3, -0.25) is 10.1 Å². The Labute approximate surface area is 95.3 Å². The molecule has 17 heavy (non-hydrogen) atoms. The number of aliphatic carboxylic acids is 1. The molecule has 3 N–H and O–H groups in total. The van der Waals surface area contributed by atoms with E-state index in [0.29, 0.717) is 11.8 Å². The summed E-state index contributed by atoms with van der Waals surface area (Å²) in [5.41, 5.74) is 0. The smallest absolute Gasteiger partial charge is 0.328 e. The summed E-state index contributed by atoms with van der Waals surface area (Å²) in [7, 11) is 0. The molecule has 0 saturated heterocycles. The predicted octanol–water partition coefficient (Wildman–Crippen LogP) is -0.359. The third-order valence-corrected chi connectivity index (χ3v) is 1.53. The van der Waals surface area contributed by atoms with Crippen molar-refractivity contribution in [3.63, 3.8) is 0 Å². The summed E-state index contributed by atoms with van der Waals surface area (Å²) in [4.78, 5) is 32.2. The number of nitrogens with one attached hydrogen (secondary N) is 2.